The minimum absolute atomic E-state index is 0.135. The van der Waals surface area contributed by atoms with Crippen molar-refractivity contribution in [2.75, 3.05) is 11.9 Å². The molecule has 0 bridgehead atoms. The van der Waals surface area contributed by atoms with Crippen LogP contribution in [0.1, 0.15) is 19.4 Å². The highest BCUT2D eigenvalue weighted by molar-refractivity contribution is 9.10. The number of carbonyl (C=O) groups excluding carboxylic acids is 2. The van der Waals surface area contributed by atoms with E-state index in [0.29, 0.717) is 17.1 Å². The SMILES string of the molecule is CC(=O)Nc1cccc(/C(C)=N\NC(=O)COc2ccc(Br)cc2)c1. The van der Waals surface area contributed by atoms with Crippen molar-refractivity contribution in [3.05, 3.63) is 58.6 Å². The standard InChI is InChI=1S/C18H18BrN3O3/c1-12(14-4-3-5-16(10-14)20-13(2)23)21-22-18(24)11-25-17-8-6-15(19)7-9-17/h3-10H,11H2,1-2H3,(H,20,23)(H,22,24)/b21-12-. The normalized spacial score (nSPS) is 10.9. The molecule has 0 aliphatic rings. The number of halogens is 1. The fourth-order valence-corrected chi connectivity index (χ4v) is 2.21. The molecule has 0 fully saturated rings. The lowest BCUT2D eigenvalue weighted by atomic mass is 10.1. The largest absolute Gasteiger partial charge is 0.484 e. The Kier molecular flexibility index (Phi) is 6.71. The molecule has 0 saturated heterocycles. The second-order valence-corrected chi connectivity index (χ2v) is 6.15. The molecular weight excluding hydrogens is 386 g/mol. The molecule has 0 saturated carbocycles. The summed E-state index contributed by atoms with van der Waals surface area (Å²) in [5, 5.41) is 6.76. The van der Waals surface area contributed by atoms with Crippen molar-refractivity contribution in [3.8, 4) is 5.75 Å². The lowest BCUT2D eigenvalue weighted by molar-refractivity contribution is -0.123. The van der Waals surface area contributed by atoms with Crippen LogP contribution in [0.4, 0.5) is 5.69 Å². The molecule has 0 aliphatic heterocycles. The van der Waals surface area contributed by atoms with E-state index >= 15 is 0 Å². The molecule has 0 atom stereocenters. The van der Waals surface area contributed by atoms with Gasteiger partial charge in [0.25, 0.3) is 5.91 Å². The molecule has 2 aromatic carbocycles. The summed E-state index contributed by atoms with van der Waals surface area (Å²) in [6.45, 7) is 3.08. The Balaban J connectivity index is 1.90. The van der Waals surface area contributed by atoms with Gasteiger partial charge >= 0.3 is 0 Å². The molecule has 6 nitrogen and oxygen atoms in total. The maximum absolute atomic E-state index is 11.8. The van der Waals surface area contributed by atoms with E-state index in [2.05, 4.69) is 31.8 Å². The molecule has 0 radical (unpaired) electrons. The predicted octanol–water partition coefficient (Wildman–Crippen LogP) is 3.33. The van der Waals surface area contributed by atoms with E-state index < -0.39 is 0 Å². The number of hydrogen-bond acceptors (Lipinski definition) is 4. The molecule has 0 aromatic heterocycles. The average Bonchev–Trinajstić information content (AvgIpc) is 2.59. The first-order valence-corrected chi connectivity index (χ1v) is 8.33. The third-order valence-corrected chi connectivity index (χ3v) is 3.66. The fourth-order valence-electron chi connectivity index (χ4n) is 1.95. The van der Waals surface area contributed by atoms with Gasteiger partial charge in [0.2, 0.25) is 5.91 Å². The zero-order valence-corrected chi connectivity index (χ0v) is 15.5. The summed E-state index contributed by atoms with van der Waals surface area (Å²) < 4.78 is 6.31. The molecule has 0 aliphatic carbocycles. The van der Waals surface area contributed by atoms with Crippen molar-refractivity contribution in [1.29, 1.82) is 0 Å². The molecule has 2 rings (SSSR count). The maximum atomic E-state index is 11.8. The summed E-state index contributed by atoms with van der Waals surface area (Å²) in [7, 11) is 0. The van der Waals surface area contributed by atoms with Crippen LogP contribution in [0.15, 0.2) is 58.1 Å². The lowest BCUT2D eigenvalue weighted by Gasteiger charge is -2.07. The summed E-state index contributed by atoms with van der Waals surface area (Å²) in [6.07, 6.45) is 0. The number of nitrogens with zero attached hydrogens (tertiary/aromatic N) is 1. The van der Waals surface area contributed by atoms with E-state index in [1.165, 1.54) is 6.92 Å². The minimum atomic E-state index is -0.361. The third kappa shape index (κ3) is 6.39. The van der Waals surface area contributed by atoms with Crippen LogP contribution in [-0.2, 0) is 9.59 Å². The number of hydrazone groups is 1. The molecule has 0 heterocycles. The Hall–Kier alpha value is -2.67. The first kappa shape index (κ1) is 18.7. The van der Waals surface area contributed by atoms with Gasteiger partial charge in [-0.1, -0.05) is 28.1 Å². The van der Waals surface area contributed by atoms with Gasteiger partial charge in [-0.2, -0.15) is 5.10 Å². The summed E-state index contributed by atoms with van der Waals surface area (Å²) in [5.41, 5.74) is 4.53. The second kappa shape index (κ2) is 8.98. The number of carbonyl (C=O) groups is 2. The van der Waals surface area contributed by atoms with Crippen molar-refractivity contribution in [1.82, 2.24) is 5.43 Å². The lowest BCUT2D eigenvalue weighted by Crippen LogP contribution is -2.25. The number of nitrogens with one attached hydrogen (secondary N) is 2. The predicted molar refractivity (Wildman–Crippen MR) is 101 cm³/mol. The number of amides is 2. The fraction of sp³-hybridized carbons (Fsp3) is 0.167. The van der Waals surface area contributed by atoms with E-state index in [1.807, 2.05) is 18.2 Å². The van der Waals surface area contributed by atoms with Gasteiger partial charge in [0.15, 0.2) is 6.61 Å². The average molecular weight is 404 g/mol. The number of benzene rings is 2. The smallest absolute Gasteiger partial charge is 0.277 e. The van der Waals surface area contributed by atoms with Gasteiger partial charge in [0, 0.05) is 17.1 Å². The van der Waals surface area contributed by atoms with Crippen LogP contribution in [0.5, 0.6) is 5.75 Å². The van der Waals surface area contributed by atoms with Crippen LogP contribution in [0.3, 0.4) is 0 Å². The first-order valence-electron chi connectivity index (χ1n) is 7.53. The molecule has 2 amide bonds. The van der Waals surface area contributed by atoms with Gasteiger partial charge in [-0.05, 0) is 48.9 Å². The molecule has 2 aromatic rings. The van der Waals surface area contributed by atoms with Gasteiger partial charge in [-0.3, -0.25) is 9.59 Å². The summed E-state index contributed by atoms with van der Waals surface area (Å²) >= 11 is 3.33. The van der Waals surface area contributed by atoms with Crippen LogP contribution in [0.25, 0.3) is 0 Å². The van der Waals surface area contributed by atoms with Gasteiger partial charge in [0.05, 0.1) is 5.71 Å². The van der Waals surface area contributed by atoms with Crippen molar-refractivity contribution in [2.45, 2.75) is 13.8 Å². The van der Waals surface area contributed by atoms with Crippen molar-refractivity contribution in [2.24, 2.45) is 5.10 Å². The van der Waals surface area contributed by atoms with Crippen molar-refractivity contribution < 1.29 is 14.3 Å². The van der Waals surface area contributed by atoms with Gasteiger partial charge < -0.3 is 10.1 Å². The van der Waals surface area contributed by atoms with E-state index in [-0.39, 0.29) is 18.4 Å². The highest BCUT2D eigenvalue weighted by Crippen LogP contribution is 2.16. The van der Waals surface area contributed by atoms with E-state index in [9.17, 15) is 9.59 Å². The monoisotopic (exact) mass is 403 g/mol. The van der Waals surface area contributed by atoms with Crippen molar-refractivity contribution >= 4 is 39.1 Å². The minimum Gasteiger partial charge on any atom is -0.484 e. The molecule has 2 N–H and O–H groups in total. The van der Waals surface area contributed by atoms with Crippen LogP contribution >= 0.6 is 15.9 Å². The Morgan fingerprint density at radius 3 is 2.52 bits per heavy atom. The molecule has 0 spiro atoms. The van der Waals surface area contributed by atoms with Crippen LogP contribution < -0.4 is 15.5 Å². The number of hydrogen-bond donors (Lipinski definition) is 2. The maximum Gasteiger partial charge on any atom is 0.277 e. The third-order valence-electron chi connectivity index (χ3n) is 3.13. The zero-order valence-electron chi connectivity index (χ0n) is 13.9. The number of rotatable bonds is 6. The molecule has 7 heteroatoms. The summed E-state index contributed by atoms with van der Waals surface area (Å²) in [4.78, 5) is 22.9. The first-order chi connectivity index (χ1) is 11.9. The molecule has 25 heavy (non-hydrogen) atoms. The number of anilines is 1. The molecular formula is C18H18BrN3O3. The van der Waals surface area contributed by atoms with E-state index in [0.717, 1.165) is 10.0 Å². The van der Waals surface area contributed by atoms with Crippen LogP contribution in [-0.4, -0.2) is 24.1 Å². The molecule has 0 unspecified atom stereocenters. The van der Waals surface area contributed by atoms with Crippen LogP contribution in [0, 0.1) is 0 Å². The zero-order chi connectivity index (χ0) is 18.2. The second-order valence-electron chi connectivity index (χ2n) is 5.24. The van der Waals surface area contributed by atoms with E-state index in [4.69, 9.17) is 4.74 Å². The Bertz CT molecular complexity index is 788. The van der Waals surface area contributed by atoms with E-state index in [1.54, 1.807) is 37.3 Å². The van der Waals surface area contributed by atoms with Gasteiger partial charge in [0.1, 0.15) is 5.75 Å². The van der Waals surface area contributed by atoms with Gasteiger partial charge in [-0.15, -0.1) is 0 Å². The number of ether oxygens (including phenoxy) is 1. The van der Waals surface area contributed by atoms with Gasteiger partial charge in [-0.25, -0.2) is 5.43 Å². The quantitative estimate of drug-likeness (QED) is 0.573. The highest BCUT2D eigenvalue weighted by Gasteiger charge is 2.04. The Labute approximate surface area is 154 Å². The topological polar surface area (TPSA) is 79.8 Å². The van der Waals surface area contributed by atoms with Crippen LogP contribution in [0.2, 0.25) is 0 Å². The summed E-state index contributed by atoms with van der Waals surface area (Å²) in [5.74, 6) is 0.0903. The summed E-state index contributed by atoms with van der Waals surface area (Å²) in [6, 6.07) is 14.4. The molecule has 130 valence electrons. The highest BCUT2D eigenvalue weighted by atomic mass is 79.9. The van der Waals surface area contributed by atoms with Crippen molar-refractivity contribution in [3.63, 3.8) is 0 Å². The Morgan fingerprint density at radius 1 is 1.12 bits per heavy atom. The Morgan fingerprint density at radius 2 is 1.84 bits per heavy atom.